The Morgan fingerprint density at radius 3 is 3.00 bits per heavy atom. The van der Waals surface area contributed by atoms with E-state index < -0.39 is 0 Å². The molecule has 14 heavy (non-hydrogen) atoms. The van der Waals surface area contributed by atoms with E-state index in [0.717, 1.165) is 22.9 Å². The highest BCUT2D eigenvalue weighted by atomic mass is 14.7. The van der Waals surface area contributed by atoms with Crippen molar-refractivity contribution < 1.29 is 0 Å². The smallest absolute Gasteiger partial charge is 0.0583 e. The zero-order chi connectivity index (χ0) is 9.97. The number of allylic oxidation sites excluding steroid dienone is 1. The van der Waals surface area contributed by atoms with Crippen LogP contribution >= 0.6 is 0 Å². The van der Waals surface area contributed by atoms with Crippen LogP contribution in [0.4, 0.5) is 5.69 Å². The van der Waals surface area contributed by atoms with Crippen molar-refractivity contribution in [3.63, 3.8) is 0 Å². The first-order chi connectivity index (χ1) is 6.83. The Morgan fingerprint density at radius 2 is 2.21 bits per heavy atom. The third kappa shape index (κ3) is 1.35. The highest BCUT2D eigenvalue weighted by molar-refractivity contribution is 5.94. The van der Waals surface area contributed by atoms with Gasteiger partial charge in [-0.25, -0.2) is 0 Å². The number of rotatable bonds is 2. The average molecular weight is 184 g/mol. The molecule has 1 heterocycles. The molecule has 0 unspecified atom stereocenters. The lowest BCUT2D eigenvalue weighted by Gasteiger charge is -2.06. The van der Waals surface area contributed by atoms with Crippen LogP contribution < -0.4 is 5.73 Å². The van der Waals surface area contributed by atoms with Gasteiger partial charge in [-0.1, -0.05) is 24.3 Å². The minimum absolute atomic E-state index is 0.736. The number of fused-ring (bicyclic) bond motifs is 1. The van der Waals surface area contributed by atoms with Crippen molar-refractivity contribution in [2.24, 2.45) is 0 Å². The number of hydrogen-bond acceptors (Lipinski definition) is 2. The molecule has 70 valence electrons. The number of aromatic nitrogens is 1. The molecule has 0 atom stereocenters. The molecule has 2 heteroatoms. The summed E-state index contributed by atoms with van der Waals surface area (Å²) in [5.41, 5.74) is 7.83. The van der Waals surface area contributed by atoms with Crippen molar-refractivity contribution in [3.05, 3.63) is 48.8 Å². The Balaban J connectivity index is 2.77. The average Bonchev–Trinajstić information content (AvgIpc) is 2.19. The molecule has 1 aromatic carbocycles. The molecule has 2 aromatic rings. The summed E-state index contributed by atoms with van der Waals surface area (Å²) in [5.74, 6) is 0. The van der Waals surface area contributed by atoms with Crippen LogP contribution in [0.2, 0.25) is 0 Å². The molecule has 0 aliphatic heterocycles. The van der Waals surface area contributed by atoms with E-state index in [0.29, 0.717) is 0 Å². The molecule has 0 saturated heterocycles. The Morgan fingerprint density at radius 1 is 1.36 bits per heavy atom. The Bertz CT molecular complexity index is 469. The maximum absolute atomic E-state index is 5.89. The van der Waals surface area contributed by atoms with Crippen LogP contribution in [0.5, 0.6) is 0 Å². The number of pyridine rings is 1. The minimum Gasteiger partial charge on any atom is -0.397 e. The van der Waals surface area contributed by atoms with Crippen LogP contribution in [0.1, 0.15) is 5.56 Å². The molecule has 0 aliphatic carbocycles. The third-order valence-corrected chi connectivity index (χ3v) is 2.26. The number of hydrogen-bond donors (Lipinski definition) is 1. The van der Waals surface area contributed by atoms with Gasteiger partial charge < -0.3 is 5.73 Å². The van der Waals surface area contributed by atoms with Gasteiger partial charge in [0.15, 0.2) is 0 Å². The first-order valence-corrected chi connectivity index (χ1v) is 4.55. The fraction of sp³-hybridized carbons (Fsp3) is 0.0833. The highest BCUT2D eigenvalue weighted by Gasteiger charge is 2.02. The van der Waals surface area contributed by atoms with Crippen molar-refractivity contribution in [1.82, 2.24) is 4.98 Å². The number of nitrogens with two attached hydrogens (primary N) is 1. The van der Waals surface area contributed by atoms with E-state index in [-0.39, 0.29) is 0 Å². The summed E-state index contributed by atoms with van der Waals surface area (Å²) in [6.45, 7) is 3.74. The summed E-state index contributed by atoms with van der Waals surface area (Å²) in [4.78, 5) is 4.06. The maximum Gasteiger partial charge on any atom is 0.0583 e. The minimum atomic E-state index is 0.736. The van der Waals surface area contributed by atoms with Gasteiger partial charge in [-0.05, 0) is 12.0 Å². The lowest BCUT2D eigenvalue weighted by Crippen LogP contribution is -1.92. The number of benzene rings is 1. The molecule has 2 N–H and O–H groups in total. The van der Waals surface area contributed by atoms with Gasteiger partial charge >= 0.3 is 0 Å². The largest absolute Gasteiger partial charge is 0.397 e. The SMILES string of the molecule is C=CCc1cccc2cncc(N)c12. The topological polar surface area (TPSA) is 38.9 Å². The fourth-order valence-electron chi connectivity index (χ4n) is 1.67. The van der Waals surface area contributed by atoms with E-state index in [1.54, 1.807) is 6.20 Å². The lowest BCUT2D eigenvalue weighted by atomic mass is 10.0. The lowest BCUT2D eigenvalue weighted by molar-refractivity contribution is 1.29. The van der Waals surface area contributed by atoms with Crippen LogP contribution in [0.3, 0.4) is 0 Å². The molecule has 0 fully saturated rings. The van der Waals surface area contributed by atoms with E-state index in [4.69, 9.17) is 5.73 Å². The summed E-state index contributed by atoms with van der Waals surface area (Å²) in [7, 11) is 0. The second-order valence-corrected chi connectivity index (χ2v) is 3.24. The van der Waals surface area contributed by atoms with E-state index in [9.17, 15) is 0 Å². The van der Waals surface area contributed by atoms with Crippen molar-refractivity contribution in [2.75, 3.05) is 5.73 Å². The normalized spacial score (nSPS) is 10.3. The Kier molecular flexibility index (Phi) is 2.19. The zero-order valence-corrected chi connectivity index (χ0v) is 7.90. The molecule has 0 aliphatic rings. The molecule has 0 bridgehead atoms. The fourth-order valence-corrected chi connectivity index (χ4v) is 1.67. The molecule has 0 amide bonds. The van der Waals surface area contributed by atoms with Gasteiger partial charge in [0.2, 0.25) is 0 Å². The summed E-state index contributed by atoms with van der Waals surface area (Å²) in [6, 6.07) is 6.11. The molecular formula is C12H12N2. The molecular weight excluding hydrogens is 172 g/mol. The molecule has 0 saturated carbocycles. The predicted molar refractivity (Wildman–Crippen MR) is 60.1 cm³/mol. The quantitative estimate of drug-likeness (QED) is 0.728. The summed E-state index contributed by atoms with van der Waals surface area (Å²) >= 11 is 0. The van der Waals surface area contributed by atoms with Crippen LogP contribution in [0.15, 0.2) is 43.2 Å². The molecule has 0 spiro atoms. The third-order valence-electron chi connectivity index (χ3n) is 2.26. The van der Waals surface area contributed by atoms with Crippen molar-refractivity contribution in [2.45, 2.75) is 6.42 Å². The molecule has 0 radical (unpaired) electrons. The van der Waals surface area contributed by atoms with Crippen molar-refractivity contribution in [3.8, 4) is 0 Å². The summed E-state index contributed by atoms with van der Waals surface area (Å²) in [5, 5.41) is 2.19. The highest BCUT2D eigenvalue weighted by Crippen LogP contribution is 2.23. The Hall–Kier alpha value is -1.83. The van der Waals surface area contributed by atoms with Gasteiger partial charge in [0.1, 0.15) is 0 Å². The number of nitrogens with zero attached hydrogens (tertiary/aromatic N) is 1. The van der Waals surface area contributed by atoms with E-state index in [2.05, 4.69) is 17.6 Å². The zero-order valence-electron chi connectivity index (χ0n) is 7.90. The van der Waals surface area contributed by atoms with Gasteiger partial charge in [-0.2, -0.15) is 0 Å². The second-order valence-electron chi connectivity index (χ2n) is 3.24. The van der Waals surface area contributed by atoms with Crippen LogP contribution in [-0.2, 0) is 6.42 Å². The number of anilines is 1. The van der Waals surface area contributed by atoms with Crippen LogP contribution in [0.25, 0.3) is 10.8 Å². The summed E-state index contributed by atoms with van der Waals surface area (Å²) < 4.78 is 0. The summed E-state index contributed by atoms with van der Waals surface area (Å²) in [6.07, 6.45) is 6.24. The van der Waals surface area contributed by atoms with Crippen LogP contribution in [0, 0.1) is 0 Å². The maximum atomic E-state index is 5.89. The first-order valence-electron chi connectivity index (χ1n) is 4.55. The van der Waals surface area contributed by atoms with Gasteiger partial charge in [0.25, 0.3) is 0 Å². The van der Waals surface area contributed by atoms with Crippen LogP contribution in [-0.4, -0.2) is 4.98 Å². The van der Waals surface area contributed by atoms with Gasteiger partial charge in [-0.3, -0.25) is 4.98 Å². The first kappa shape index (κ1) is 8.75. The standard InChI is InChI=1S/C12H12N2/c1-2-4-9-5-3-6-10-7-14-8-11(13)12(9)10/h2-3,5-8H,1,4,13H2. The van der Waals surface area contributed by atoms with Gasteiger partial charge in [0, 0.05) is 17.0 Å². The molecule has 2 nitrogen and oxygen atoms in total. The van der Waals surface area contributed by atoms with Crippen molar-refractivity contribution in [1.29, 1.82) is 0 Å². The van der Waals surface area contributed by atoms with E-state index >= 15 is 0 Å². The van der Waals surface area contributed by atoms with Gasteiger partial charge in [0.05, 0.1) is 11.9 Å². The monoisotopic (exact) mass is 184 g/mol. The van der Waals surface area contributed by atoms with Gasteiger partial charge in [-0.15, -0.1) is 6.58 Å². The van der Waals surface area contributed by atoms with E-state index in [1.165, 1.54) is 5.56 Å². The predicted octanol–water partition coefficient (Wildman–Crippen LogP) is 2.55. The van der Waals surface area contributed by atoms with E-state index in [1.807, 2.05) is 24.4 Å². The Labute approximate surface area is 83.1 Å². The molecule has 1 aromatic heterocycles. The number of nitrogen functional groups attached to an aromatic ring is 1. The van der Waals surface area contributed by atoms with Crippen molar-refractivity contribution >= 4 is 16.5 Å². The molecule has 2 rings (SSSR count). The second kappa shape index (κ2) is 3.50.